The molecule has 0 amide bonds. The fourth-order valence-electron chi connectivity index (χ4n) is 1.25. The van der Waals surface area contributed by atoms with E-state index in [0.717, 1.165) is 11.4 Å². The van der Waals surface area contributed by atoms with Gasteiger partial charge in [-0.1, -0.05) is 0 Å². The predicted octanol–water partition coefficient (Wildman–Crippen LogP) is 1.13. The average Bonchev–Trinajstić information content (AvgIpc) is 2.25. The zero-order chi connectivity index (χ0) is 12.1. The van der Waals surface area contributed by atoms with Gasteiger partial charge in [0.05, 0.1) is 11.9 Å². The Bertz CT molecular complexity index is 400. The topological polar surface area (TPSA) is 71.6 Å². The van der Waals surface area contributed by atoms with Gasteiger partial charge in [-0.15, -0.1) is 0 Å². The summed E-state index contributed by atoms with van der Waals surface area (Å²) in [5.41, 5.74) is 1.69. The molecule has 1 heterocycles. The quantitative estimate of drug-likeness (QED) is 0.332. The molecule has 0 N–H and O–H groups in total. The molecule has 0 atom stereocenters. The van der Waals surface area contributed by atoms with Crippen LogP contribution in [0.4, 0.5) is 5.69 Å². The van der Waals surface area contributed by atoms with Crippen LogP contribution in [0.1, 0.15) is 5.69 Å². The van der Waals surface area contributed by atoms with Crippen molar-refractivity contribution in [2.24, 2.45) is 4.99 Å². The molecule has 1 aromatic heterocycles. The first-order valence-corrected chi connectivity index (χ1v) is 4.78. The van der Waals surface area contributed by atoms with Crippen molar-refractivity contribution in [3.8, 4) is 0 Å². The number of nitro groups is 1. The highest BCUT2D eigenvalue weighted by Crippen LogP contribution is 2.11. The SMILES string of the molecule is CN=C(C[N+](=O)[O-])N(C)c1ccc(C)nc1. The van der Waals surface area contributed by atoms with Gasteiger partial charge in [0.1, 0.15) is 0 Å². The monoisotopic (exact) mass is 222 g/mol. The maximum absolute atomic E-state index is 10.4. The number of nitrogens with zero attached hydrogens (tertiary/aromatic N) is 4. The average molecular weight is 222 g/mol. The summed E-state index contributed by atoms with van der Waals surface area (Å²) in [5, 5.41) is 10.4. The Morgan fingerprint density at radius 2 is 2.31 bits per heavy atom. The second kappa shape index (κ2) is 5.20. The Hall–Kier alpha value is -1.98. The lowest BCUT2D eigenvalue weighted by atomic mass is 10.3. The minimum absolute atomic E-state index is 0.291. The zero-order valence-corrected chi connectivity index (χ0v) is 9.54. The Morgan fingerprint density at radius 1 is 1.62 bits per heavy atom. The second-order valence-corrected chi connectivity index (χ2v) is 3.35. The maximum Gasteiger partial charge on any atom is 0.260 e. The van der Waals surface area contributed by atoms with E-state index in [1.54, 1.807) is 18.1 Å². The number of hydrogen-bond donors (Lipinski definition) is 0. The predicted molar refractivity (Wildman–Crippen MR) is 62.6 cm³/mol. The van der Waals surface area contributed by atoms with E-state index in [1.165, 1.54) is 7.05 Å². The van der Waals surface area contributed by atoms with Crippen LogP contribution in [0.25, 0.3) is 0 Å². The number of likely N-dealkylation sites (N-methyl/N-ethyl adjacent to an activating group) is 1. The van der Waals surface area contributed by atoms with E-state index >= 15 is 0 Å². The highest BCUT2D eigenvalue weighted by Gasteiger charge is 2.13. The lowest BCUT2D eigenvalue weighted by Crippen LogP contribution is -2.32. The van der Waals surface area contributed by atoms with Crippen LogP contribution in [-0.2, 0) is 0 Å². The first-order chi connectivity index (χ1) is 7.54. The molecule has 0 aliphatic heterocycles. The van der Waals surface area contributed by atoms with Gasteiger partial charge in [0, 0.05) is 24.7 Å². The molecule has 0 spiro atoms. The van der Waals surface area contributed by atoms with Crippen molar-refractivity contribution in [1.82, 2.24) is 4.98 Å². The van der Waals surface area contributed by atoms with Crippen molar-refractivity contribution >= 4 is 11.5 Å². The highest BCUT2D eigenvalue weighted by atomic mass is 16.6. The number of pyridine rings is 1. The molecule has 6 nitrogen and oxygen atoms in total. The van der Waals surface area contributed by atoms with Gasteiger partial charge < -0.3 is 4.90 Å². The summed E-state index contributed by atoms with van der Waals surface area (Å²) in [6, 6.07) is 3.71. The Labute approximate surface area is 93.8 Å². The number of aryl methyl sites for hydroxylation is 1. The molecule has 0 fully saturated rings. The van der Waals surface area contributed by atoms with Crippen molar-refractivity contribution in [3.05, 3.63) is 34.1 Å². The molecule has 0 aliphatic carbocycles. The van der Waals surface area contributed by atoms with E-state index in [0.29, 0.717) is 5.84 Å². The molecule has 0 unspecified atom stereocenters. The van der Waals surface area contributed by atoms with Crippen LogP contribution in [0, 0.1) is 17.0 Å². The van der Waals surface area contributed by atoms with Crippen molar-refractivity contribution in [3.63, 3.8) is 0 Å². The van der Waals surface area contributed by atoms with Crippen LogP contribution in [0.15, 0.2) is 23.3 Å². The number of aromatic nitrogens is 1. The van der Waals surface area contributed by atoms with E-state index in [2.05, 4.69) is 9.98 Å². The molecule has 6 heteroatoms. The molecule has 1 aromatic rings. The lowest BCUT2D eigenvalue weighted by molar-refractivity contribution is -0.463. The third kappa shape index (κ3) is 3.01. The minimum Gasteiger partial charge on any atom is -0.326 e. The van der Waals surface area contributed by atoms with Crippen LogP contribution in [0.2, 0.25) is 0 Å². The van der Waals surface area contributed by atoms with Crippen LogP contribution in [0.3, 0.4) is 0 Å². The molecule has 1 rings (SSSR count). The molecule has 16 heavy (non-hydrogen) atoms. The van der Waals surface area contributed by atoms with E-state index in [4.69, 9.17) is 0 Å². The summed E-state index contributed by atoms with van der Waals surface area (Å²) < 4.78 is 0. The Balaban J connectivity index is 2.87. The number of hydrogen-bond acceptors (Lipinski definition) is 4. The van der Waals surface area contributed by atoms with Crippen molar-refractivity contribution < 1.29 is 4.92 Å². The van der Waals surface area contributed by atoms with Crippen LogP contribution < -0.4 is 4.90 Å². The Morgan fingerprint density at radius 3 is 2.75 bits per heavy atom. The fraction of sp³-hybridized carbons (Fsp3) is 0.400. The van der Waals surface area contributed by atoms with Gasteiger partial charge in [0.2, 0.25) is 0 Å². The third-order valence-corrected chi connectivity index (χ3v) is 2.20. The van der Waals surface area contributed by atoms with E-state index in [9.17, 15) is 10.1 Å². The summed E-state index contributed by atoms with van der Waals surface area (Å²) in [7, 11) is 3.27. The van der Waals surface area contributed by atoms with Crippen molar-refractivity contribution in [2.45, 2.75) is 6.92 Å². The van der Waals surface area contributed by atoms with Crippen LogP contribution >= 0.6 is 0 Å². The van der Waals surface area contributed by atoms with Crippen molar-refractivity contribution in [2.75, 3.05) is 25.5 Å². The smallest absolute Gasteiger partial charge is 0.260 e. The maximum atomic E-state index is 10.4. The lowest BCUT2D eigenvalue weighted by Gasteiger charge is -2.18. The second-order valence-electron chi connectivity index (χ2n) is 3.35. The number of anilines is 1. The molecule has 0 saturated heterocycles. The van der Waals surface area contributed by atoms with Gasteiger partial charge in [0.15, 0.2) is 5.84 Å². The number of amidine groups is 1. The highest BCUT2D eigenvalue weighted by molar-refractivity contribution is 5.97. The van der Waals surface area contributed by atoms with Gasteiger partial charge in [0.25, 0.3) is 6.54 Å². The first kappa shape index (κ1) is 12.1. The molecule has 0 aromatic carbocycles. The summed E-state index contributed by atoms with van der Waals surface area (Å²) in [5.74, 6) is 0.399. The van der Waals surface area contributed by atoms with E-state index < -0.39 is 4.92 Å². The van der Waals surface area contributed by atoms with Gasteiger partial charge in [-0.05, 0) is 19.1 Å². The van der Waals surface area contributed by atoms with Gasteiger partial charge in [-0.2, -0.15) is 0 Å². The molecule has 0 radical (unpaired) electrons. The van der Waals surface area contributed by atoms with Crippen LogP contribution in [0.5, 0.6) is 0 Å². The van der Waals surface area contributed by atoms with Crippen LogP contribution in [-0.4, -0.2) is 36.4 Å². The van der Waals surface area contributed by atoms with Gasteiger partial charge >= 0.3 is 0 Å². The van der Waals surface area contributed by atoms with E-state index in [-0.39, 0.29) is 6.54 Å². The summed E-state index contributed by atoms with van der Waals surface area (Å²) in [6.07, 6.45) is 1.67. The zero-order valence-electron chi connectivity index (χ0n) is 9.54. The Kier molecular flexibility index (Phi) is 3.93. The fourth-order valence-corrected chi connectivity index (χ4v) is 1.25. The number of rotatable bonds is 3. The normalized spacial score (nSPS) is 11.3. The molecular weight excluding hydrogens is 208 g/mol. The summed E-state index contributed by atoms with van der Waals surface area (Å²) in [4.78, 5) is 19.7. The molecular formula is C10H14N4O2. The third-order valence-electron chi connectivity index (χ3n) is 2.20. The number of aliphatic imine (C=N–C) groups is 1. The summed E-state index contributed by atoms with van der Waals surface area (Å²) >= 11 is 0. The van der Waals surface area contributed by atoms with Gasteiger partial charge in [-0.3, -0.25) is 20.1 Å². The summed E-state index contributed by atoms with van der Waals surface area (Å²) in [6.45, 7) is 1.59. The van der Waals surface area contributed by atoms with Crippen molar-refractivity contribution in [1.29, 1.82) is 0 Å². The molecule has 0 bridgehead atoms. The standard InChI is InChI=1S/C10H14N4O2/c1-8-4-5-9(6-12-8)13(3)10(11-2)7-14(15)16/h4-6H,7H2,1-3H3. The molecule has 0 aliphatic rings. The minimum atomic E-state index is -0.402. The molecule has 0 saturated carbocycles. The van der Waals surface area contributed by atoms with Gasteiger partial charge in [-0.25, -0.2) is 0 Å². The van der Waals surface area contributed by atoms with E-state index in [1.807, 2.05) is 19.1 Å². The largest absolute Gasteiger partial charge is 0.326 e. The molecule has 86 valence electrons. The first-order valence-electron chi connectivity index (χ1n) is 4.78.